The van der Waals surface area contributed by atoms with Crippen molar-refractivity contribution in [1.29, 1.82) is 0 Å². The fourth-order valence-corrected chi connectivity index (χ4v) is 3.53. The van der Waals surface area contributed by atoms with Crippen molar-refractivity contribution in [3.05, 3.63) is 0 Å². The van der Waals surface area contributed by atoms with E-state index in [-0.39, 0.29) is 12.5 Å². The summed E-state index contributed by atoms with van der Waals surface area (Å²) in [6, 6.07) is -1.09. The van der Waals surface area contributed by atoms with E-state index in [1.807, 2.05) is 0 Å². The summed E-state index contributed by atoms with van der Waals surface area (Å²) in [5.41, 5.74) is 0. The van der Waals surface area contributed by atoms with E-state index in [2.05, 4.69) is 4.72 Å². The summed E-state index contributed by atoms with van der Waals surface area (Å²) in [5.74, 6) is -1.46. The number of ether oxygens (including phenoxy) is 1. The molecule has 1 rings (SSSR count). The molecule has 1 fully saturated rings. The van der Waals surface area contributed by atoms with E-state index in [9.17, 15) is 13.2 Å². The molecule has 1 atom stereocenters. The zero-order valence-corrected chi connectivity index (χ0v) is 11.1. The van der Waals surface area contributed by atoms with Crippen LogP contribution >= 0.6 is 0 Å². The summed E-state index contributed by atoms with van der Waals surface area (Å²) in [6.07, 6.45) is 1.03. The smallest absolute Gasteiger partial charge is 0.321 e. The molecule has 0 saturated heterocycles. The third-order valence-corrected chi connectivity index (χ3v) is 5.23. The summed E-state index contributed by atoms with van der Waals surface area (Å²) < 4.78 is 30.4. The maximum atomic E-state index is 12.1. The van der Waals surface area contributed by atoms with E-state index in [1.54, 1.807) is 13.8 Å². The molecule has 100 valence electrons. The molecule has 0 radical (unpaired) electrons. The monoisotopic (exact) mass is 265 g/mol. The second-order valence-corrected chi connectivity index (χ2v) is 6.91. The van der Waals surface area contributed by atoms with Crippen molar-refractivity contribution in [3.8, 4) is 0 Å². The third kappa shape index (κ3) is 2.97. The molecule has 6 nitrogen and oxygen atoms in total. The molecule has 2 N–H and O–H groups in total. The lowest BCUT2D eigenvalue weighted by Crippen LogP contribution is -2.49. The van der Waals surface area contributed by atoms with Gasteiger partial charge in [0.1, 0.15) is 10.8 Å². The van der Waals surface area contributed by atoms with Crippen LogP contribution in [0, 0.1) is 5.92 Å². The number of nitrogens with one attached hydrogen (secondary N) is 1. The van der Waals surface area contributed by atoms with E-state index in [0.29, 0.717) is 12.8 Å². The Hall–Kier alpha value is -0.660. The van der Waals surface area contributed by atoms with Gasteiger partial charge >= 0.3 is 5.97 Å². The Labute approximate surface area is 101 Å². The minimum atomic E-state index is -3.66. The molecular weight excluding hydrogens is 246 g/mol. The Balaban J connectivity index is 2.82. The zero-order valence-electron chi connectivity index (χ0n) is 10.3. The minimum Gasteiger partial charge on any atom is -0.480 e. The molecule has 0 bridgehead atoms. The largest absolute Gasteiger partial charge is 0.480 e. The predicted molar refractivity (Wildman–Crippen MR) is 62.2 cm³/mol. The van der Waals surface area contributed by atoms with Crippen LogP contribution in [0.2, 0.25) is 0 Å². The lowest BCUT2D eigenvalue weighted by Gasteiger charge is -2.22. The standard InChI is InChI=1S/C10H19NO5S/c1-7(2)8(9(12)13)11-17(14,15)10(4-5-10)6-16-3/h7-8,11H,4-6H2,1-3H3,(H,12,13)/t8-/m0/s1. The van der Waals surface area contributed by atoms with Gasteiger partial charge in [-0.3, -0.25) is 4.79 Å². The van der Waals surface area contributed by atoms with Crippen LogP contribution in [0.15, 0.2) is 0 Å². The number of hydrogen-bond acceptors (Lipinski definition) is 4. The van der Waals surface area contributed by atoms with Gasteiger partial charge in [0.25, 0.3) is 0 Å². The van der Waals surface area contributed by atoms with Gasteiger partial charge in [-0.1, -0.05) is 13.8 Å². The summed E-state index contributed by atoms with van der Waals surface area (Å²) in [4.78, 5) is 11.0. The normalized spacial score (nSPS) is 20.2. The lowest BCUT2D eigenvalue weighted by atomic mass is 10.1. The highest BCUT2D eigenvalue weighted by molar-refractivity contribution is 7.91. The molecule has 1 aliphatic carbocycles. The van der Waals surface area contributed by atoms with Gasteiger partial charge in [-0.05, 0) is 18.8 Å². The Morgan fingerprint density at radius 1 is 1.47 bits per heavy atom. The van der Waals surface area contributed by atoms with Crippen LogP contribution in [-0.2, 0) is 19.6 Å². The number of methoxy groups -OCH3 is 1. The average molecular weight is 265 g/mol. The molecule has 0 spiro atoms. The second kappa shape index (κ2) is 4.91. The molecule has 0 aromatic carbocycles. The first-order valence-corrected chi connectivity index (χ1v) is 6.98. The van der Waals surface area contributed by atoms with Crippen molar-refractivity contribution in [2.24, 2.45) is 5.92 Å². The van der Waals surface area contributed by atoms with E-state index in [0.717, 1.165) is 0 Å². The van der Waals surface area contributed by atoms with Gasteiger partial charge in [-0.15, -0.1) is 0 Å². The molecule has 1 aliphatic rings. The van der Waals surface area contributed by atoms with Crippen LogP contribution < -0.4 is 4.72 Å². The molecule has 0 aromatic rings. The number of aliphatic carboxylic acids is 1. The van der Waals surface area contributed by atoms with Gasteiger partial charge in [0.2, 0.25) is 10.0 Å². The van der Waals surface area contributed by atoms with Crippen molar-refractivity contribution in [2.45, 2.75) is 37.5 Å². The fourth-order valence-electron chi connectivity index (χ4n) is 1.66. The summed E-state index contributed by atoms with van der Waals surface area (Å²) in [7, 11) is -2.22. The SMILES string of the molecule is COCC1(S(=O)(=O)N[C@H](C(=O)O)C(C)C)CC1. The fraction of sp³-hybridized carbons (Fsp3) is 0.900. The first kappa shape index (κ1) is 14.4. The van der Waals surface area contributed by atoms with Crippen LogP contribution in [-0.4, -0.2) is 44.0 Å². The van der Waals surface area contributed by atoms with Crippen LogP contribution in [0.5, 0.6) is 0 Å². The van der Waals surface area contributed by atoms with E-state index in [4.69, 9.17) is 9.84 Å². The predicted octanol–water partition coefficient (Wildman–Crippen LogP) is 0.194. The average Bonchev–Trinajstić information content (AvgIpc) is 2.95. The molecule has 0 unspecified atom stereocenters. The summed E-state index contributed by atoms with van der Waals surface area (Å²) in [6.45, 7) is 3.43. The molecule has 0 amide bonds. The maximum Gasteiger partial charge on any atom is 0.321 e. The first-order chi connectivity index (χ1) is 7.76. The number of sulfonamides is 1. The topological polar surface area (TPSA) is 92.7 Å². The maximum absolute atomic E-state index is 12.1. The van der Waals surface area contributed by atoms with Crippen LogP contribution in [0.1, 0.15) is 26.7 Å². The van der Waals surface area contributed by atoms with Gasteiger partial charge < -0.3 is 9.84 Å². The molecule has 0 heterocycles. The van der Waals surface area contributed by atoms with Crippen LogP contribution in [0.25, 0.3) is 0 Å². The van der Waals surface area contributed by atoms with Crippen molar-refractivity contribution in [2.75, 3.05) is 13.7 Å². The van der Waals surface area contributed by atoms with Crippen molar-refractivity contribution < 1.29 is 23.1 Å². The Kier molecular flexibility index (Phi) is 4.16. The molecule has 1 saturated carbocycles. The van der Waals surface area contributed by atoms with E-state index < -0.39 is 26.8 Å². The lowest BCUT2D eigenvalue weighted by molar-refractivity contribution is -0.140. The number of carboxylic acid groups (broad SMARTS) is 1. The van der Waals surface area contributed by atoms with Crippen molar-refractivity contribution in [1.82, 2.24) is 4.72 Å². The first-order valence-electron chi connectivity index (χ1n) is 5.49. The van der Waals surface area contributed by atoms with Crippen LogP contribution in [0.3, 0.4) is 0 Å². The van der Waals surface area contributed by atoms with Crippen LogP contribution in [0.4, 0.5) is 0 Å². The van der Waals surface area contributed by atoms with Gasteiger partial charge in [-0.25, -0.2) is 13.1 Å². The molecule has 7 heteroatoms. The Bertz CT molecular complexity index is 386. The minimum absolute atomic E-state index is 0.104. The summed E-state index contributed by atoms with van der Waals surface area (Å²) in [5, 5.41) is 8.96. The summed E-state index contributed by atoms with van der Waals surface area (Å²) >= 11 is 0. The number of rotatable bonds is 7. The second-order valence-electron chi connectivity index (χ2n) is 4.80. The van der Waals surface area contributed by atoms with E-state index in [1.165, 1.54) is 7.11 Å². The van der Waals surface area contributed by atoms with Gasteiger partial charge in [0.15, 0.2) is 0 Å². The Morgan fingerprint density at radius 3 is 2.29 bits per heavy atom. The molecule has 0 aromatic heterocycles. The molecule has 0 aliphatic heterocycles. The quantitative estimate of drug-likeness (QED) is 0.685. The number of hydrogen-bond donors (Lipinski definition) is 2. The van der Waals surface area contributed by atoms with Crippen molar-refractivity contribution >= 4 is 16.0 Å². The van der Waals surface area contributed by atoms with Gasteiger partial charge in [0, 0.05) is 7.11 Å². The highest BCUT2D eigenvalue weighted by atomic mass is 32.2. The van der Waals surface area contributed by atoms with Gasteiger partial charge in [0.05, 0.1) is 6.61 Å². The number of carboxylic acids is 1. The van der Waals surface area contributed by atoms with Crippen molar-refractivity contribution in [3.63, 3.8) is 0 Å². The molecule has 17 heavy (non-hydrogen) atoms. The molecular formula is C10H19NO5S. The Morgan fingerprint density at radius 2 is 2.00 bits per heavy atom. The highest BCUT2D eigenvalue weighted by Crippen LogP contribution is 2.43. The third-order valence-electron chi connectivity index (χ3n) is 3.00. The van der Waals surface area contributed by atoms with E-state index >= 15 is 0 Å². The highest BCUT2D eigenvalue weighted by Gasteiger charge is 2.55. The van der Waals surface area contributed by atoms with Gasteiger partial charge in [-0.2, -0.15) is 0 Å². The zero-order chi connectivity index (χ0) is 13.3. The number of carbonyl (C=O) groups is 1.